The van der Waals surface area contributed by atoms with Crippen LogP contribution in [-0.4, -0.2) is 60.3 Å². The van der Waals surface area contributed by atoms with Crippen LogP contribution < -0.4 is 0 Å². The Morgan fingerprint density at radius 2 is 1.05 bits per heavy atom. The summed E-state index contributed by atoms with van der Waals surface area (Å²) in [6, 6.07) is 0. The summed E-state index contributed by atoms with van der Waals surface area (Å²) < 4.78 is 231. The molecule has 5 atom stereocenters. The average Bonchev–Trinajstić information content (AvgIpc) is 3.45. The van der Waals surface area contributed by atoms with Crippen LogP contribution in [0.2, 0.25) is 0 Å². The first-order valence-corrected chi connectivity index (χ1v) is 10.8. The van der Waals surface area contributed by atoms with Crippen LogP contribution in [0.4, 0.5) is 74.6 Å². The summed E-state index contributed by atoms with van der Waals surface area (Å²) in [5.41, 5.74) is 0. The highest BCUT2D eigenvalue weighted by Gasteiger charge is 2.95. The molecule has 0 N–H and O–H groups in total. The lowest BCUT2D eigenvalue weighted by atomic mass is 9.80. The highest BCUT2D eigenvalue weighted by Crippen LogP contribution is 2.64. The van der Waals surface area contributed by atoms with Crippen LogP contribution in [0.15, 0.2) is 12.2 Å². The van der Waals surface area contributed by atoms with Gasteiger partial charge in [0.2, 0.25) is 0 Å². The summed E-state index contributed by atoms with van der Waals surface area (Å²) in [5, 5.41) is 0. The standard InChI is InChI=1S/C20H17F17O/c21-13(22,4-5-38-12-7-8-6-11(12)10-3-1-2-9(8)10)14(23,24)15(25,26)16(27,28)17(29,30)18(31,32)19(33,34)20(35,36)37/h1,3,8-12H,2,4-7H2. The monoisotopic (exact) mass is 596 g/mol. The summed E-state index contributed by atoms with van der Waals surface area (Å²) in [7, 11) is 0. The minimum Gasteiger partial charge on any atom is -0.378 e. The van der Waals surface area contributed by atoms with Crippen molar-refractivity contribution in [2.45, 2.75) is 79.4 Å². The summed E-state index contributed by atoms with van der Waals surface area (Å²) >= 11 is 0. The fraction of sp³-hybridized carbons (Fsp3) is 0.900. The highest BCUT2D eigenvalue weighted by atomic mass is 19.4. The third-order valence-corrected chi connectivity index (χ3v) is 7.48. The first-order valence-electron chi connectivity index (χ1n) is 10.8. The number of hydrogen-bond acceptors (Lipinski definition) is 1. The van der Waals surface area contributed by atoms with Gasteiger partial charge in [0.25, 0.3) is 0 Å². The zero-order chi connectivity index (χ0) is 29.5. The maximum absolute atomic E-state index is 14.0. The van der Waals surface area contributed by atoms with Gasteiger partial charge in [-0.1, -0.05) is 12.2 Å². The van der Waals surface area contributed by atoms with Gasteiger partial charge in [-0.15, -0.1) is 0 Å². The molecule has 0 radical (unpaired) electrons. The summed E-state index contributed by atoms with van der Waals surface area (Å²) in [5.74, 6) is -56.1. The molecule has 5 unspecified atom stereocenters. The van der Waals surface area contributed by atoms with Crippen molar-refractivity contribution in [3.05, 3.63) is 12.2 Å². The van der Waals surface area contributed by atoms with Crippen LogP contribution >= 0.6 is 0 Å². The van der Waals surface area contributed by atoms with Crippen LogP contribution in [-0.2, 0) is 4.74 Å². The van der Waals surface area contributed by atoms with Crippen molar-refractivity contribution in [1.82, 2.24) is 0 Å². The van der Waals surface area contributed by atoms with Gasteiger partial charge in [-0.05, 0) is 42.9 Å². The minimum atomic E-state index is -8.60. The third-order valence-electron chi connectivity index (χ3n) is 7.48. The second kappa shape index (κ2) is 8.75. The highest BCUT2D eigenvalue weighted by molar-refractivity contribution is 5.16. The molecule has 0 heterocycles. The first-order chi connectivity index (χ1) is 16.8. The number of rotatable bonds is 10. The molecule has 0 aliphatic heterocycles. The molecular formula is C20H17F17O. The molecule has 2 fully saturated rings. The van der Waals surface area contributed by atoms with Gasteiger partial charge in [0.1, 0.15) is 0 Å². The SMILES string of the molecule is FC(F)(F)C(F)(F)C(F)(F)C(F)(F)C(F)(F)C(F)(F)C(F)(F)C(F)(F)CCOC1CC2CC1C1C=CCC21. The van der Waals surface area contributed by atoms with Crippen LogP contribution in [0.25, 0.3) is 0 Å². The molecule has 0 aromatic carbocycles. The Morgan fingerprint density at radius 1 is 0.579 bits per heavy atom. The van der Waals surface area contributed by atoms with E-state index in [0.29, 0.717) is 6.42 Å². The number of ether oxygens (including phenoxy) is 1. The minimum absolute atomic E-state index is 0.0394. The lowest BCUT2D eigenvalue weighted by Crippen LogP contribution is -2.74. The van der Waals surface area contributed by atoms with Crippen molar-refractivity contribution < 1.29 is 79.4 Å². The zero-order valence-corrected chi connectivity index (χ0v) is 18.4. The second-order valence-electron chi connectivity index (χ2n) is 9.61. The van der Waals surface area contributed by atoms with E-state index in [1.165, 1.54) is 0 Å². The van der Waals surface area contributed by atoms with Crippen LogP contribution in [0.3, 0.4) is 0 Å². The number of hydrogen-bond donors (Lipinski definition) is 0. The number of alkyl halides is 17. The molecule has 2 bridgehead atoms. The van der Waals surface area contributed by atoms with E-state index in [1.807, 2.05) is 12.2 Å². The van der Waals surface area contributed by atoms with Gasteiger partial charge >= 0.3 is 47.6 Å². The molecule has 18 heteroatoms. The fourth-order valence-electron chi connectivity index (χ4n) is 5.37. The zero-order valence-electron chi connectivity index (χ0n) is 18.4. The van der Waals surface area contributed by atoms with Crippen molar-refractivity contribution in [3.63, 3.8) is 0 Å². The topological polar surface area (TPSA) is 9.23 Å². The van der Waals surface area contributed by atoms with Crippen molar-refractivity contribution in [2.75, 3.05) is 6.61 Å². The van der Waals surface area contributed by atoms with E-state index >= 15 is 0 Å². The summed E-state index contributed by atoms with van der Waals surface area (Å²) in [4.78, 5) is 0. The number of allylic oxidation sites excluding steroid dienone is 2. The third kappa shape index (κ3) is 3.99. The van der Waals surface area contributed by atoms with Gasteiger partial charge < -0.3 is 4.74 Å². The van der Waals surface area contributed by atoms with Crippen LogP contribution in [0.5, 0.6) is 0 Å². The van der Waals surface area contributed by atoms with E-state index in [4.69, 9.17) is 4.74 Å². The van der Waals surface area contributed by atoms with Crippen molar-refractivity contribution in [1.29, 1.82) is 0 Å². The molecule has 0 saturated heterocycles. The normalized spacial score (nSPS) is 29.3. The van der Waals surface area contributed by atoms with E-state index in [0.717, 1.165) is 6.42 Å². The maximum atomic E-state index is 14.0. The lowest BCUT2D eigenvalue weighted by Gasteiger charge is -2.42. The van der Waals surface area contributed by atoms with Crippen molar-refractivity contribution in [3.8, 4) is 0 Å². The van der Waals surface area contributed by atoms with Gasteiger partial charge in [0.15, 0.2) is 0 Å². The molecule has 0 aromatic heterocycles. The quantitative estimate of drug-likeness (QED) is 0.184. The van der Waals surface area contributed by atoms with E-state index in [1.54, 1.807) is 0 Å². The molecule has 3 aliphatic carbocycles. The van der Waals surface area contributed by atoms with E-state index in [2.05, 4.69) is 0 Å². The molecule has 0 spiro atoms. The number of halogens is 17. The molecule has 2 saturated carbocycles. The van der Waals surface area contributed by atoms with Crippen LogP contribution in [0.1, 0.15) is 25.7 Å². The Kier molecular flexibility index (Phi) is 7.15. The molecule has 3 rings (SSSR count). The maximum Gasteiger partial charge on any atom is 0.460 e. The number of fused-ring (bicyclic) bond motifs is 5. The lowest BCUT2D eigenvalue weighted by molar-refractivity contribution is -0.462. The van der Waals surface area contributed by atoms with E-state index < -0.39 is 66.8 Å². The van der Waals surface area contributed by atoms with Gasteiger partial charge in [-0.3, -0.25) is 0 Å². The van der Waals surface area contributed by atoms with Gasteiger partial charge in [-0.2, -0.15) is 74.6 Å². The molecular weight excluding hydrogens is 579 g/mol. The van der Waals surface area contributed by atoms with E-state index in [9.17, 15) is 74.6 Å². The summed E-state index contributed by atoms with van der Waals surface area (Å²) in [6.45, 7) is -1.52. The van der Waals surface area contributed by atoms with Gasteiger partial charge in [0.05, 0.1) is 12.7 Å². The summed E-state index contributed by atoms with van der Waals surface area (Å²) in [6.07, 6.45) is -5.92. The Hall–Kier alpha value is -1.49. The van der Waals surface area contributed by atoms with Crippen molar-refractivity contribution >= 4 is 0 Å². The van der Waals surface area contributed by atoms with Gasteiger partial charge in [-0.25, -0.2) is 0 Å². The predicted molar refractivity (Wildman–Crippen MR) is 92.0 cm³/mol. The van der Waals surface area contributed by atoms with E-state index in [-0.39, 0.29) is 30.1 Å². The molecule has 3 aliphatic rings. The molecule has 0 aromatic rings. The predicted octanol–water partition coefficient (Wildman–Crippen LogP) is 8.00. The first kappa shape index (κ1) is 31.0. The molecule has 1 nitrogen and oxygen atoms in total. The Balaban J connectivity index is 1.78. The second-order valence-corrected chi connectivity index (χ2v) is 9.61. The van der Waals surface area contributed by atoms with Gasteiger partial charge in [0, 0.05) is 6.42 Å². The fourth-order valence-corrected chi connectivity index (χ4v) is 5.37. The van der Waals surface area contributed by atoms with Crippen molar-refractivity contribution in [2.24, 2.45) is 23.7 Å². The smallest absolute Gasteiger partial charge is 0.378 e. The van der Waals surface area contributed by atoms with Crippen LogP contribution in [0, 0.1) is 23.7 Å². The Bertz CT molecular complexity index is 921. The molecule has 222 valence electrons. The average molecular weight is 596 g/mol. The molecule has 0 amide bonds. The largest absolute Gasteiger partial charge is 0.460 e. The molecule has 38 heavy (non-hydrogen) atoms. The Labute approximate surface area is 202 Å². The Morgan fingerprint density at radius 3 is 1.55 bits per heavy atom.